The lowest BCUT2D eigenvalue weighted by molar-refractivity contribution is -0.123. The molecule has 4 nitrogen and oxygen atoms in total. The lowest BCUT2D eigenvalue weighted by Gasteiger charge is -2.17. The maximum Gasteiger partial charge on any atom is 0.258 e. The minimum absolute atomic E-state index is 0.00771. The Morgan fingerprint density at radius 1 is 1.26 bits per heavy atom. The van der Waals surface area contributed by atoms with Crippen LogP contribution in [0.4, 0.5) is 0 Å². The molecular formula is C19H24N2O2. The van der Waals surface area contributed by atoms with Crippen molar-refractivity contribution in [3.05, 3.63) is 59.4 Å². The van der Waals surface area contributed by atoms with E-state index < -0.39 is 0 Å². The third-order valence-electron chi connectivity index (χ3n) is 3.71. The molecule has 0 spiro atoms. The number of amides is 1. The van der Waals surface area contributed by atoms with Crippen LogP contribution in [0.5, 0.6) is 5.75 Å². The van der Waals surface area contributed by atoms with Crippen molar-refractivity contribution in [1.29, 1.82) is 0 Å². The summed E-state index contributed by atoms with van der Waals surface area (Å²) in [4.78, 5) is 16.2. The molecule has 2 aromatic rings. The first-order valence-corrected chi connectivity index (χ1v) is 7.90. The molecule has 0 aliphatic carbocycles. The highest BCUT2D eigenvalue weighted by atomic mass is 16.5. The van der Waals surface area contributed by atoms with Crippen LogP contribution in [0.3, 0.4) is 0 Å². The molecule has 1 atom stereocenters. The number of nitrogens with zero attached hydrogens (tertiary/aromatic N) is 1. The first-order chi connectivity index (χ1) is 11.0. The Balaban J connectivity index is 1.96. The first-order valence-electron chi connectivity index (χ1n) is 7.90. The topological polar surface area (TPSA) is 51.2 Å². The predicted octanol–water partition coefficient (Wildman–Crippen LogP) is 3.77. The quantitative estimate of drug-likeness (QED) is 0.883. The highest BCUT2D eigenvalue weighted by molar-refractivity contribution is 5.78. The van der Waals surface area contributed by atoms with Gasteiger partial charge in [0.05, 0.1) is 6.04 Å². The average molecular weight is 312 g/mol. The molecule has 0 aliphatic heterocycles. The zero-order valence-corrected chi connectivity index (χ0v) is 14.2. The van der Waals surface area contributed by atoms with Gasteiger partial charge in [0.25, 0.3) is 5.91 Å². The van der Waals surface area contributed by atoms with Crippen LogP contribution < -0.4 is 10.1 Å². The number of pyridine rings is 1. The van der Waals surface area contributed by atoms with E-state index >= 15 is 0 Å². The molecule has 1 aromatic heterocycles. The van der Waals surface area contributed by atoms with E-state index in [0.29, 0.717) is 5.92 Å². The van der Waals surface area contributed by atoms with Crippen molar-refractivity contribution < 1.29 is 9.53 Å². The number of aromatic nitrogens is 1. The van der Waals surface area contributed by atoms with Crippen molar-refractivity contribution in [3.63, 3.8) is 0 Å². The number of carbonyl (C=O) groups excluding carboxylic acids is 1. The van der Waals surface area contributed by atoms with E-state index in [9.17, 15) is 4.79 Å². The number of nitrogens with one attached hydrogen (secondary N) is 1. The molecule has 0 aliphatic rings. The van der Waals surface area contributed by atoms with Crippen LogP contribution in [0.15, 0.2) is 42.7 Å². The number of hydrogen-bond acceptors (Lipinski definition) is 3. The second-order valence-corrected chi connectivity index (χ2v) is 6.06. The lowest BCUT2D eigenvalue weighted by Crippen LogP contribution is -2.31. The van der Waals surface area contributed by atoms with E-state index in [4.69, 9.17) is 4.74 Å². The molecule has 1 aromatic carbocycles. The van der Waals surface area contributed by atoms with Gasteiger partial charge in [-0.1, -0.05) is 32.0 Å². The first kappa shape index (κ1) is 17.0. The van der Waals surface area contributed by atoms with E-state index in [0.717, 1.165) is 22.4 Å². The van der Waals surface area contributed by atoms with Gasteiger partial charge in [-0.05, 0) is 48.6 Å². The minimum Gasteiger partial charge on any atom is -0.483 e. The predicted molar refractivity (Wildman–Crippen MR) is 91.6 cm³/mol. The Morgan fingerprint density at radius 3 is 2.70 bits per heavy atom. The fraction of sp³-hybridized carbons (Fsp3) is 0.368. The van der Waals surface area contributed by atoms with Crippen LogP contribution in [0.25, 0.3) is 0 Å². The summed E-state index contributed by atoms with van der Waals surface area (Å²) < 4.78 is 5.75. The minimum atomic E-state index is -0.141. The third kappa shape index (κ3) is 4.81. The van der Waals surface area contributed by atoms with Gasteiger partial charge in [-0.3, -0.25) is 9.78 Å². The van der Waals surface area contributed by atoms with E-state index in [-0.39, 0.29) is 18.6 Å². The zero-order valence-electron chi connectivity index (χ0n) is 14.2. The van der Waals surface area contributed by atoms with Crippen molar-refractivity contribution >= 4 is 5.91 Å². The highest BCUT2D eigenvalue weighted by Crippen LogP contribution is 2.27. The average Bonchev–Trinajstić information content (AvgIpc) is 2.53. The Kier molecular flexibility index (Phi) is 5.74. The molecule has 23 heavy (non-hydrogen) atoms. The number of ether oxygens (including phenoxy) is 1. The summed E-state index contributed by atoms with van der Waals surface area (Å²) in [7, 11) is 0. The number of carbonyl (C=O) groups is 1. The number of aryl methyl sites for hydroxylation is 1. The molecule has 0 saturated carbocycles. The fourth-order valence-electron chi connectivity index (χ4n) is 2.39. The van der Waals surface area contributed by atoms with E-state index in [1.54, 1.807) is 12.4 Å². The van der Waals surface area contributed by atoms with E-state index in [2.05, 4.69) is 36.3 Å². The maximum atomic E-state index is 12.1. The summed E-state index contributed by atoms with van der Waals surface area (Å²) >= 11 is 0. The summed E-state index contributed by atoms with van der Waals surface area (Å²) in [6.45, 7) is 8.18. The normalized spacial score (nSPS) is 12.0. The Hall–Kier alpha value is -2.36. The summed E-state index contributed by atoms with van der Waals surface area (Å²) in [6.07, 6.45) is 3.47. The molecule has 1 N–H and O–H groups in total. The Bertz CT molecular complexity index is 654. The summed E-state index contributed by atoms with van der Waals surface area (Å²) in [5.41, 5.74) is 3.21. The molecule has 1 amide bonds. The van der Waals surface area contributed by atoms with Crippen LogP contribution in [0.1, 0.15) is 49.4 Å². The molecular weight excluding hydrogens is 288 g/mol. The Morgan fingerprint density at radius 2 is 2.04 bits per heavy atom. The second-order valence-electron chi connectivity index (χ2n) is 6.06. The summed E-state index contributed by atoms with van der Waals surface area (Å²) in [6, 6.07) is 9.81. The van der Waals surface area contributed by atoms with Gasteiger partial charge in [-0.2, -0.15) is 0 Å². The van der Waals surface area contributed by atoms with Crippen molar-refractivity contribution in [1.82, 2.24) is 10.3 Å². The molecule has 0 bridgehead atoms. The molecule has 1 heterocycles. The van der Waals surface area contributed by atoms with Crippen LogP contribution in [0.2, 0.25) is 0 Å². The molecule has 0 radical (unpaired) electrons. The van der Waals surface area contributed by atoms with Gasteiger partial charge in [-0.15, -0.1) is 0 Å². The number of hydrogen-bond donors (Lipinski definition) is 1. The molecule has 1 unspecified atom stereocenters. The second kappa shape index (κ2) is 7.77. The van der Waals surface area contributed by atoms with Gasteiger partial charge in [0.1, 0.15) is 5.75 Å². The van der Waals surface area contributed by atoms with Gasteiger partial charge >= 0.3 is 0 Å². The van der Waals surface area contributed by atoms with E-state index in [1.165, 1.54) is 0 Å². The van der Waals surface area contributed by atoms with Crippen LogP contribution >= 0.6 is 0 Å². The summed E-state index contributed by atoms with van der Waals surface area (Å²) in [5, 5.41) is 2.93. The number of rotatable bonds is 6. The molecule has 4 heteroatoms. The monoisotopic (exact) mass is 312 g/mol. The fourth-order valence-corrected chi connectivity index (χ4v) is 2.39. The van der Waals surface area contributed by atoms with Crippen molar-refractivity contribution in [2.24, 2.45) is 0 Å². The van der Waals surface area contributed by atoms with Crippen molar-refractivity contribution in [2.45, 2.75) is 39.7 Å². The van der Waals surface area contributed by atoms with Gasteiger partial charge in [0.15, 0.2) is 6.61 Å². The maximum absolute atomic E-state index is 12.1. The van der Waals surface area contributed by atoms with Gasteiger partial charge in [-0.25, -0.2) is 0 Å². The molecule has 122 valence electrons. The van der Waals surface area contributed by atoms with Crippen molar-refractivity contribution in [3.8, 4) is 5.75 Å². The van der Waals surface area contributed by atoms with Gasteiger partial charge < -0.3 is 10.1 Å². The summed E-state index contributed by atoms with van der Waals surface area (Å²) in [5.74, 6) is 0.990. The van der Waals surface area contributed by atoms with Crippen LogP contribution in [-0.2, 0) is 4.79 Å². The van der Waals surface area contributed by atoms with E-state index in [1.807, 2.05) is 32.0 Å². The van der Waals surface area contributed by atoms with Gasteiger partial charge in [0.2, 0.25) is 0 Å². The SMILES string of the molecule is Cc1ccc(C(C)C)c(OCC(=O)NC(C)c2cccnc2)c1. The molecule has 0 saturated heterocycles. The van der Waals surface area contributed by atoms with Crippen LogP contribution in [-0.4, -0.2) is 17.5 Å². The third-order valence-corrected chi connectivity index (χ3v) is 3.71. The zero-order chi connectivity index (χ0) is 16.8. The lowest BCUT2D eigenvalue weighted by atomic mass is 10.0. The Labute approximate surface area is 137 Å². The largest absolute Gasteiger partial charge is 0.483 e. The number of benzene rings is 1. The van der Waals surface area contributed by atoms with Crippen molar-refractivity contribution in [2.75, 3.05) is 6.61 Å². The van der Waals surface area contributed by atoms with Crippen LogP contribution in [0, 0.1) is 6.92 Å². The molecule has 0 fully saturated rings. The smallest absolute Gasteiger partial charge is 0.258 e. The highest BCUT2D eigenvalue weighted by Gasteiger charge is 2.12. The standard InChI is InChI=1S/C19H24N2O2/c1-13(2)17-8-7-14(3)10-18(17)23-12-19(22)21-15(4)16-6-5-9-20-11-16/h5-11,13,15H,12H2,1-4H3,(H,21,22). The molecule has 2 rings (SSSR count). The van der Waals surface area contributed by atoms with Gasteiger partial charge in [0, 0.05) is 12.4 Å².